The van der Waals surface area contributed by atoms with Crippen molar-refractivity contribution in [3.05, 3.63) is 28.7 Å². The van der Waals surface area contributed by atoms with Gasteiger partial charge in [-0.1, -0.05) is 13.8 Å². The van der Waals surface area contributed by atoms with Gasteiger partial charge in [-0.05, 0) is 12.0 Å². The van der Waals surface area contributed by atoms with Crippen LogP contribution in [0.3, 0.4) is 0 Å². The molecular weight excluding hydrogens is 206 g/mol. The molecule has 0 saturated heterocycles. The number of carbonyl (C=O) groups is 1. The summed E-state index contributed by atoms with van der Waals surface area (Å²) in [4.78, 5) is 22.8. The molecule has 0 fully saturated rings. The van der Waals surface area contributed by atoms with E-state index in [1.54, 1.807) is 19.3 Å². The van der Waals surface area contributed by atoms with Crippen molar-refractivity contribution in [2.45, 2.75) is 19.9 Å². The third-order valence-corrected chi connectivity index (χ3v) is 2.37. The van der Waals surface area contributed by atoms with Crippen LogP contribution >= 0.6 is 0 Å². The zero-order chi connectivity index (χ0) is 12.3. The number of amides is 1. The summed E-state index contributed by atoms with van der Waals surface area (Å²) in [7, 11) is 1.63. The molecule has 0 radical (unpaired) electrons. The number of aromatic nitrogens is 1. The van der Waals surface area contributed by atoms with E-state index in [-0.39, 0.29) is 17.4 Å². The van der Waals surface area contributed by atoms with E-state index >= 15 is 0 Å². The van der Waals surface area contributed by atoms with E-state index in [9.17, 15) is 9.59 Å². The van der Waals surface area contributed by atoms with Crippen molar-refractivity contribution in [1.82, 2.24) is 4.57 Å². The molecule has 0 bridgehead atoms. The Morgan fingerprint density at radius 1 is 1.44 bits per heavy atom. The summed E-state index contributed by atoms with van der Waals surface area (Å²) in [6, 6.07) is 2.42. The zero-order valence-electron chi connectivity index (χ0n) is 9.73. The highest BCUT2D eigenvalue weighted by Gasteiger charge is 2.17. The normalized spacial score (nSPS) is 12.6. The zero-order valence-corrected chi connectivity index (χ0v) is 9.73. The minimum Gasteiger partial charge on any atom is -0.323 e. The quantitative estimate of drug-likeness (QED) is 0.774. The molecule has 0 aliphatic heterocycles. The minimum absolute atomic E-state index is 0.0764. The Hall–Kier alpha value is -1.62. The molecule has 16 heavy (non-hydrogen) atoms. The van der Waals surface area contributed by atoms with Crippen molar-refractivity contribution in [2.75, 3.05) is 5.32 Å². The summed E-state index contributed by atoms with van der Waals surface area (Å²) in [5.41, 5.74) is 6.15. The Balaban J connectivity index is 2.77. The lowest BCUT2D eigenvalue weighted by Gasteiger charge is -2.15. The second-order valence-corrected chi connectivity index (χ2v) is 4.13. The summed E-state index contributed by atoms with van der Waals surface area (Å²) < 4.78 is 1.40. The van der Waals surface area contributed by atoms with E-state index < -0.39 is 6.04 Å². The maximum atomic E-state index is 11.6. The van der Waals surface area contributed by atoms with Crippen molar-refractivity contribution in [1.29, 1.82) is 0 Å². The molecule has 1 amide bonds. The highest BCUT2D eigenvalue weighted by molar-refractivity contribution is 5.94. The minimum atomic E-state index is -0.544. The number of carbonyl (C=O) groups excluding carboxylic acids is 1. The SMILES string of the molecule is CC(C)C(N)C(=O)Nc1ccc(=O)n(C)c1. The van der Waals surface area contributed by atoms with Crippen molar-refractivity contribution >= 4 is 11.6 Å². The Morgan fingerprint density at radius 2 is 2.06 bits per heavy atom. The van der Waals surface area contributed by atoms with Crippen LogP contribution in [0.4, 0.5) is 5.69 Å². The van der Waals surface area contributed by atoms with Crippen molar-refractivity contribution in [3.63, 3.8) is 0 Å². The number of pyridine rings is 1. The van der Waals surface area contributed by atoms with Crippen LogP contribution in [-0.2, 0) is 11.8 Å². The fourth-order valence-electron chi connectivity index (χ4n) is 1.20. The molecule has 0 spiro atoms. The molecule has 1 aromatic rings. The van der Waals surface area contributed by atoms with Crippen LogP contribution in [0.5, 0.6) is 0 Å². The molecular formula is C11H17N3O2. The third kappa shape index (κ3) is 2.93. The highest BCUT2D eigenvalue weighted by atomic mass is 16.2. The van der Waals surface area contributed by atoms with E-state index in [4.69, 9.17) is 5.73 Å². The number of rotatable bonds is 3. The monoisotopic (exact) mass is 223 g/mol. The van der Waals surface area contributed by atoms with Gasteiger partial charge in [0.1, 0.15) is 0 Å². The highest BCUT2D eigenvalue weighted by Crippen LogP contribution is 2.05. The molecule has 3 N–H and O–H groups in total. The first-order valence-corrected chi connectivity index (χ1v) is 5.15. The second-order valence-electron chi connectivity index (χ2n) is 4.13. The molecule has 0 saturated carbocycles. The van der Waals surface area contributed by atoms with E-state index in [0.717, 1.165) is 0 Å². The Kier molecular flexibility index (Phi) is 3.84. The van der Waals surface area contributed by atoms with Gasteiger partial charge in [-0.15, -0.1) is 0 Å². The maximum absolute atomic E-state index is 11.6. The van der Waals surface area contributed by atoms with Gasteiger partial charge in [-0.2, -0.15) is 0 Å². The lowest BCUT2D eigenvalue weighted by atomic mass is 10.1. The summed E-state index contributed by atoms with van der Waals surface area (Å²) in [6.07, 6.45) is 1.56. The summed E-state index contributed by atoms with van der Waals surface area (Å²) in [5.74, 6) is -0.166. The van der Waals surface area contributed by atoms with Gasteiger partial charge in [0.05, 0.1) is 11.7 Å². The number of nitrogens with zero attached hydrogens (tertiary/aromatic N) is 1. The van der Waals surface area contributed by atoms with E-state index in [2.05, 4.69) is 5.32 Å². The number of nitrogens with two attached hydrogens (primary N) is 1. The summed E-state index contributed by atoms with van der Waals surface area (Å²) in [5, 5.41) is 2.67. The Morgan fingerprint density at radius 3 is 2.56 bits per heavy atom. The van der Waals surface area contributed by atoms with Gasteiger partial charge < -0.3 is 15.6 Å². The molecule has 1 rings (SSSR count). The maximum Gasteiger partial charge on any atom is 0.250 e. The van der Waals surface area contributed by atoms with Crippen LogP contribution in [0.25, 0.3) is 0 Å². The molecule has 5 nitrogen and oxygen atoms in total. The second kappa shape index (κ2) is 4.94. The van der Waals surface area contributed by atoms with Crippen LogP contribution in [-0.4, -0.2) is 16.5 Å². The van der Waals surface area contributed by atoms with E-state index in [1.165, 1.54) is 10.6 Å². The topological polar surface area (TPSA) is 77.1 Å². The van der Waals surface area contributed by atoms with Gasteiger partial charge in [0.15, 0.2) is 0 Å². The fourth-order valence-corrected chi connectivity index (χ4v) is 1.20. The number of nitrogens with one attached hydrogen (secondary N) is 1. The van der Waals surface area contributed by atoms with Gasteiger partial charge >= 0.3 is 0 Å². The molecule has 1 aromatic heterocycles. The average molecular weight is 223 g/mol. The van der Waals surface area contributed by atoms with Gasteiger partial charge in [0, 0.05) is 19.3 Å². The fraction of sp³-hybridized carbons (Fsp3) is 0.455. The Labute approximate surface area is 94.3 Å². The van der Waals surface area contributed by atoms with Crippen LogP contribution in [0.1, 0.15) is 13.8 Å². The van der Waals surface area contributed by atoms with Crippen molar-refractivity contribution < 1.29 is 4.79 Å². The van der Waals surface area contributed by atoms with E-state index in [0.29, 0.717) is 5.69 Å². The largest absolute Gasteiger partial charge is 0.323 e. The lowest BCUT2D eigenvalue weighted by Crippen LogP contribution is -2.39. The van der Waals surface area contributed by atoms with E-state index in [1.807, 2.05) is 13.8 Å². The van der Waals surface area contributed by atoms with Crippen LogP contribution in [0.15, 0.2) is 23.1 Å². The van der Waals surface area contributed by atoms with Crippen LogP contribution in [0.2, 0.25) is 0 Å². The predicted octanol–water partition coefficient (Wildman–Crippen LogP) is 0.307. The molecule has 0 aliphatic carbocycles. The summed E-state index contributed by atoms with van der Waals surface area (Å²) in [6.45, 7) is 3.76. The smallest absolute Gasteiger partial charge is 0.250 e. The van der Waals surface area contributed by atoms with Crippen molar-refractivity contribution in [2.24, 2.45) is 18.7 Å². The number of hydrogen-bond acceptors (Lipinski definition) is 3. The first-order chi connectivity index (χ1) is 7.41. The van der Waals surface area contributed by atoms with Crippen molar-refractivity contribution in [3.8, 4) is 0 Å². The lowest BCUT2D eigenvalue weighted by molar-refractivity contribution is -0.118. The van der Waals surface area contributed by atoms with Gasteiger partial charge in [-0.3, -0.25) is 9.59 Å². The molecule has 1 atom stereocenters. The first kappa shape index (κ1) is 12.4. The molecule has 0 aromatic carbocycles. The first-order valence-electron chi connectivity index (χ1n) is 5.15. The Bertz CT molecular complexity index is 437. The molecule has 1 heterocycles. The van der Waals surface area contributed by atoms with Crippen LogP contribution < -0.4 is 16.6 Å². The number of aryl methyl sites for hydroxylation is 1. The van der Waals surface area contributed by atoms with Gasteiger partial charge in [0.2, 0.25) is 11.5 Å². The molecule has 0 aliphatic rings. The predicted molar refractivity (Wildman–Crippen MR) is 63.1 cm³/mol. The number of hydrogen-bond donors (Lipinski definition) is 2. The van der Waals surface area contributed by atoms with Gasteiger partial charge in [-0.25, -0.2) is 0 Å². The standard InChI is InChI=1S/C11H17N3O2/c1-7(2)10(12)11(16)13-8-4-5-9(15)14(3)6-8/h4-7,10H,12H2,1-3H3,(H,13,16). The molecule has 1 unspecified atom stereocenters. The number of anilines is 1. The summed E-state index contributed by atoms with van der Waals surface area (Å²) >= 11 is 0. The third-order valence-electron chi connectivity index (χ3n) is 2.37. The molecule has 5 heteroatoms. The average Bonchev–Trinajstić information content (AvgIpc) is 2.22. The van der Waals surface area contributed by atoms with Gasteiger partial charge in [0.25, 0.3) is 0 Å². The van der Waals surface area contributed by atoms with Crippen LogP contribution in [0, 0.1) is 5.92 Å². The molecule has 88 valence electrons.